The molecule has 1 aliphatic rings. The summed E-state index contributed by atoms with van der Waals surface area (Å²) in [6, 6.07) is 23.2. The van der Waals surface area contributed by atoms with E-state index >= 15 is 0 Å². The standard InChI is InChI=1S/C24H20N2O3S/c1-2-28-20-13-7-5-11-18(20)26(24-25-17-10-4-8-14-22(17)30-24)23(27)21-15-16-9-3-6-12-19(16)29-21/h3-14,21H,2,15H2,1H3/t21-/m0/s1. The first-order chi connectivity index (χ1) is 14.7. The van der Waals surface area contributed by atoms with Gasteiger partial charge in [0.1, 0.15) is 11.5 Å². The summed E-state index contributed by atoms with van der Waals surface area (Å²) >= 11 is 1.48. The summed E-state index contributed by atoms with van der Waals surface area (Å²) in [6.07, 6.45) is -0.0724. The number of nitrogens with zero attached hydrogens (tertiary/aromatic N) is 2. The molecule has 0 saturated heterocycles. The van der Waals surface area contributed by atoms with Crippen LogP contribution in [0.3, 0.4) is 0 Å². The molecule has 30 heavy (non-hydrogen) atoms. The Morgan fingerprint density at radius 2 is 1.87 bits per heavy atom. The number of carbonyl (C=O) groups is 1. The minimum absolute atomic E-state index is 0.155. The van der Waals surface area contributed by atoms with Crippen molar-refractivity contribution in [1.82, 2.24) is 4.98 Å². The Kier molecular flexibility index (Phi) is 4.85. The van der Waals surface area contributed by atoms with Crippen LogP contribution >= 0.6 is 11.3 Å². The summed E-state index contributed by atoms with van der Waals surface area (Å²) in [5.41, 5.74) is 2.57. The molecule has 0 bridgehead atoms. The lowest BCUT2D eigenvalue weighted by molar-refractivity contribution is -0.123. The Hall–Kier alpha value is -3.38. The van der Waals surface area contributed by atoms with E-state index in [1.165, 1.54) is 11.3 Å². The van der Waals surface area contributed by atoms with E-state index in [0.717, 1.165) is 21.5 Å². The second-order valence-electron chi connectivity index (χ2n) is 6.96. The number of rotatable bonds is 5. The lowest BCUT2D eigenvalue weighted by atomic mass is 10.1. The number of carbonyl (C=O) groups excluding carboxylic acids is 1. The highest BCUT2D eigenvalue weighted by atomic mass is 32.1. The zero-order chi connectivity index (χ0) is 20.5. The molecular weight excluding hydrogens is 396 g/mol. The summed E-state index contributed by atoms with van der Waals surface area (Å²) in [5, 5.41) is 0.605. The molecule has 0 spiro atoms. The number of benzene rings is 3. The quantitative estimate of drug-likeness (QED) is 0.439. The van der Waals surface area contributed by atoms with Crippen LogP contribution in [0.25, 0.3) is 10.2 Å². The average Bonchev–Trinajstić information content (AvgIpc) is 3.39. The fraction of sp³-hybridized carbons (Fsp3) is 0.167. The predicted molar refractivity (Wildman–Crippen MR) is 119 cm³/mol. The molecule has 1 amide bonds. The highest BCUT2D eigenvalue weighted by Gasteiger charge is 2.36. The van der Waals surface area contributed by atoms with Crippen molar-refractivity contribution in [1.29, 1.82) is 0 Å². The van der Waals surface area contributed by atoms with E-state index < -0.39 is 6.10 Å². The van der Waals surface area contributed by atoms with E-state index in [2.05, 4.69) is 0 Å². The zero-order valence-electron chi connectivity index (χ0n) is 16.4. The van der Waals surface area contributed by atoms with Crippen LogP contribution in [0, 0.1) is 0 Å². The number of anilines is 2. The predicted octanol–water partition coefficient (Wildman–Crippen LogP) is 5.36. The van der Waals surface area contributed by atoms with Crippen LogP contribution in [-0.2, 0) is 11.2 Å². The molecule has 5 nitrogen and oxygen atoms in total. The molecule has 150 valence electrons. The first-order valence-corrected chi connectivity index (χ1v) is 10.7. The smallest absolute Gasteiger partial charge is 0.274 e. The molecule has 0 saturated carbocycles. The third kappa shape index (κ3) is 3.29. The van der Waals surface area contributed by atoms with Crippen LogP contribution in [0.1, 0.15) is 12.5 Å². The Balaban J connectivity index is 1.59. The molecule has 0 fully saturated rings. The first kappa shape index (κ1) is 18.6. The van der Waals surface area contributed by atoms with Gasteiger partial charge in [-0.2, -0.15) is 0 Å². The largest absolute Gasteiger partial charge is 0.492 e. The Bertz CT molecular complexity index is 1160. The summed E-state index contributed by atoms with van der Waals surface area (Å²) in [4.78, 5) is 20.2. The molecule has 6 heteroatoms. The van der Waals surface area contributed by atoms with Gasteiger partial charge >= 0.3 is 0 Å². The van der Waals surface area contributed by atoms with Crippen molar-refractivity contribution >= 4 is 38.3 Å². The highest BCUT2D eigenvalue weighted by molar-refractivity contribution is 7.22. The summed E-state index contributed by atoms with van der Waals surface area (Å²) in [7, 11) is 0. The van der Waals surface area contributed by atoms with Crippen LogP contribution in [0.5, 0.6) is 11.5 Å². The van der Waals surface area contributed by atoms with Crippen molar-refractivity contribution in [2.75, 3.05) is 11.5 Å². The van der Waals surface area contributed by atoms with E-state index in [-0.39, 0.29) is 5.91 Å². The molecule has 5 rings (SSSR count). The van der Waals surface area contributed by atoms with Crippen molar-refractivity contribution in [3.63, 3.8) is 0 Å². The van der Waals surface area contributed by atoms with Gasteiger partial charge in [-0.1, -0.05) is 53.8 Å². The molecule has 2 heterocycles. The van der Waals surface area contributed by atoms with E-state index in [1.807, 2.05) is 79.7 Å². The van der Waals surface area contributed by atoms with Crippen LogP contribution in [-0.4, -0.2) is 23.6 Å². The lowest BCUT2D eigenvalue weighted by Crippen LogP contribution is -2.38. The van der Waals surface area contributed by atoms with Crippen molar-refractivity contribution in [2.24, 2.45) is 0 Å². The maximum Gasteiger partial charge on any atom is 0.274 e. The topological polar surface area (TPSA) is 51.7 Å². The van der Waals surface area contributed by atoms with Crippen molar-refractivity contribution in [3.8, 4) is 11.5 Å². The Labute approximate surface area is 178 Å². The normalized spacial score (nSPS) is 14.9. The Morgan fingerprint density at radius 3 is 2.70 bits per heavy atom. The minimum atomic E-state index is -0.607. The molecule has 0 unspecified atom stereocenters. The lowest BCUT2D eigenvalue weighted by Gasteiger charge is -2.25. The molecule has 1 aliphatic heterocycles. The second kappa shape index (κ2) is 7.80. The number of aromatic nitrogens is 1. The number of thiazole rings is 1. The number of hydrogen-bond donors (Lipinski definition) is 0. The maximum atomic E-state index is 13.8. The van der Waals surface area contributed by atoms with E-state index in [4.69, 9.17) is 14.5 Å². The molecule has 0 N–H and O–H groups in total. The fourth-order valence-electron chi connectivity index (χ4n) is 3.65. The van der Waals surface area contributed by atoms with Gasteiger partial charge in [0, 0.05) is 6.42 Å². The monoisotopic (exact) mass is 416 g/mol. The minimum Gasteiger partial charge on any atom is -0.492 e. The van der Waals surface area contributed by atoms with Crippen molar-refractivity contribution in [2.45, 2.75) is 19.4 Å². The maximum absolute atomic E-state index is 13.8. The van der Waals surface area contributed by atoms with Crippen LogP contribution in [0.4, 0.5) is 10.8 Å². The summed E-state index contributed by atoms with van der Waals surface area (Å²) < 4.78 is 12.9. The highest BCUT2D eigenvalue weighted by Crippen LogP contribution is 2.40. The summed E-state index contributed by atoms with van der Waals surface area (Å²) in [6.45, 7) is 2.43. The van der Waals surface area contributed by atoms with Crippen molar-refractivity contribution in [3.05, 3.63) is 78.4 Å². The van der Waals surface area contributed by atoms with Gasteiger partial charge in [-0.05, 0) is 42.8 Å². The van der Waals surface area contributed by atoms with Gasteiger partial charge in [0.2, 0.25) is 0 Å². The van der Waals surface area contributed by atoms with Gasteiger partial charge in [-0.15, -0.1) is 0 Å². The van der Waals surface area contributed by atoms with Crippen molar-refractivity contribution < 1.29 is 14.3 Å². The van der Waals surface area contributed by atoms with E-state index in [9.17, 15) is 4.79 Å². The fourth-order valence-corrected chi connectivity index (χ4v) is 4.64. The van der Waals surface area contributed by atoms with Crippen LogP contribution in [0.2, 0.25) is 0 Å². The third-order valence-electron chi connectivity index (χ3n) is 5.02. The number of fused-ring (bicyclic) bond motifs is 2. The molecule has 4 aromatic rings. The van der Waals surface area contributed by atoms with E-state index in [1.54, 1.807) is 4.90 Å². The molecule has 0 radical (unpaired) electrons. The number of amides is 1. The number of para-hydroxylation sites is 4. The van der Waals surface area contributed by atoms with Crippen LogP contribution in [0.15, 0.2) is 72.8 Å². The zero-order valence-corrected chi connectivity index (χ0v) is 17.3. The molecule has 3 aromatic carbocycles. The second-order valence-corrected chi connectivity index (χ2v) is 7.97. The average molecular weight is 417 g/mol. The number of ether oxygens (including phenoxy) is 2. The molecule has 1 atom stereocenters. The van der Waals surface area contributed by atoms with Gasteiger partial charge in [-0.25, -0.2) is 9.88 Å². The third-order valence-corrected chi connectivity index (χ3v) is 6.04. The summed E-state index contributed by atoms with van der Waals surface area (Å²) in [5.74, 6) is 1.25. The van der Waals surface area contributed by atoms with Gasteiger partial charge in [0.25, 0.3) is 5.91 Å². The molecule has 0 aliphatic carbocycles. The van der Waals surface area contributed by atoms with Crippen LogP contribution < -0.4 is 14.4 Å². The van der Waals surface area contributed by atoms with Gasteiger partial charge in [0.05, 0.1) is 22.5 Å². The van der Waals surface area contributed by atoms with Gasteiger partial charge in [0.15, 0.2) is 11.2 Å². The van der Waals surface area contributed by atoms with Gasteiger partial charge in [-0.3, -0.25) is 4.79 Å². The molecule has 1 aromatic heterocycles. The SMILES string of the molecule is CCOc1ccccc1N(C(=O)[C@@H]1Cc2ccccc2O1)c1nc2ccccc2s1. The Morgan fingerprint density at radius 1 is 1.10 bits per heavy atom. The molecular formula is C24H20N2O3S. The number of hydrogen-bond acceptors (Lipinski definition) is 5. The van der Waals surface area contributed by atoms with E-state index in [0.29, 0.717) is 29.6 Å². The first-order valence-electron chi connectivity index (χ1n) is 9.90. The van der Waals surface area contributed by atoms with Gasteiger partial charge < -0.3 is 9.47 Å².